The lowest BCUT2D eigenvalue weighted by atomic mass is 9.99. The van der Waals surface area contributed by atoms with E-state index in [2.05, 4.69) is 10.2 Å². The molecule has 1 N–H and O–H groups in total. The van der Waals surface area contributed by atoms with E-state index in [-0.39, 0.29) is 11.6 Å². The van der Waals surface area contributed by atoms with Gasteiger partial charge in [-0.15, -0.1) is 0 Å². The number of rotatable bonds is 3. The van der Waals surface area contributed by atoms with Gasteiger partial charge >= 0.3 is 0 Å². The molecule has 0 unspecified atom stereocenters. The van der Waals surface area contributed by atoms with E-state index in [4.69, 9.17) is 0 Å². The van der Waals surface area contributed by atoms with E-state index in [0.29, 0.717) is 22.5 Å². The highest BCUT2D eigenvalue weighted by atomic mass is 19.1. The van der Waals surface area contributed by atoms with Gasteiger partial charge in [0.1, 0.15) is 11.5 Å². The number of hydrogen-bond donors (Lipinski definition) is 1. The number of halogens is 1. The summed E-state index contributed by atoms with van der Waals surface area (Å²) in [5.74, 6) is -0.465. The molecule has 1 aromatic heterocycles. The van der Waals surface area contributed by atoms with Crippen LogP contribution in [0.1, 0.15) is 17.3 Å². The second-order valence-electron chi connectivity index (χ2n) is 4.75. The molecular formula is C17H13FN2O. The fourth-order valence-corrected chi connectivity index (χ4v) is 2.34. The van der Waals surface area contributed by atoms with Gasteiger partial charge in [-0.25, -0.2) is 4.39 Å². The van der Waals surface area contributed by atoms with Gasteiger partial charge in [0.15, 0.2) is 5.78 Å². The molecule has 1 heterocycles. The van der Waals surface area contributed by atoms with E-state index in [1.165, 1.54) is 19.1 Å². The minimum Gasteiger partial charge on any atom is -0.294 e. The molecule has 104 valence electrons. The lowest BCUT2D eigenvalue weighted by Gasteiger charge is -2.03. The maximum absolute atomic E-state index is 13.4. The maximum atomic E-state index is 13.4. The van der Waals surface area contributed by atoms with Crippen LogP contribution in [0.25, 0.3) is 22.5 Å². The number of nitrogens with one attached hydrogen (secondary N) is 1. The molecule has 0 amide bonds. The Kier molecular flexibility index (Phi) is 3.36. The number of H-pyrrole nitrogens is 1. The normalized spacial score (nSPS) is 10.6. The molecular weight excluding hydrogens is 267 g/mol. The van der Waals surface area contributed by atoms with Crippen molar-refractivity contribution in [2.24, 2.45) is 0 Å². The zero-order valence-electron chi connectivity index (χ0n) is 11.4. The van der Waals surface area contributed by atoms with Crippen LogP contribution < -0.4 is 0 Å². The van der Waals surface area contributed by atoms with Crippen molar-refractivity contribution >= 4 is 5.78 Å². The molecule has 4 heteroatoms. The Balaban J connectivity index is 2.20. The highest BCUT2D eigenvalue weighted by molar-refractivity contribution is 6.05. The SMILES string of the molecule is CC(=O)c1c(-c2cccc(F)c2)n[nH]c1-c1ccccc1. The molecule has 0 bridgehead atoms. The second-order valence-corrected chi connectivity index (χ2v) is 4.75. The molecule has 0 radical (unpaired) electrons. The Bertz CT molecular complexity index is 794. The van der Waals surface area contributed by atoms with Gasteiger partial charge in [-0.2, -0.15) is 5.10 Å². The lowest BCUT2D eigenvalue weighted by molar-refractivity contribution is 0.101. The average Bonchev–Trinajstić information content (AvgIpc) is 2.93. The Labute approximate surface area is 121 Å². The van der Waals surface area contributed by atoms with Crippen LogP contribution in [-0.2, 0) is 0 Å². The van der Waals surface area contributed by atoms with Gasteiger partial charge in [-0.3, -0.25) is 9.89 Å². The van der Waals surface area contributed by atoms with Crippen LogP contribution in [-0.4, -0.2) is 16.0 Å². The molecule has 21 heavy (non-hydrogen) atoms. The summed E-state index contributed by atoms with van der Waals surface area (Å²) in [5.41, 5.74) is 3.06. The van der Waals surface area contributed by atoms with E-state index in [0.717, 1.165) is 5.56 Å². The van der Waals surface area contributed by atoms with Crippen molar-refractivity contribution in [1.82, 2.24) is 10.2 Å². The summed E-state index contributed by atoms with van der Waals surface area (Å²) in [6.07, 6.45) is 0. The Morgan fingerprint density at radius 1 is 1.05 bits per heavy atom. The minimum absolute atomic E-state index is 0.109. The van der Waals surface area contributed by atoms with E-state index in [9.17, 15) is 9.18 Å². The third-order valence-electron chi connectivity index (χ3n) is 3.28. The molecule has 0 aliphatic heterocycles. The summed E-state index contributed by atoms with van der Waals surface area (Å²) in [6.45, 7) is 1.49. The number of ketones is 1. The van der Waals surface area contributed by atoms with Crippen molar-refractivity contribution in [3.8, 4) is 22.5 Å². The van der Waals surface area contributed by atoms with Crippen molar-refractivity contribution in [3.05, 3.63) is 66.0 Å². The van der Waals surface area contributed by atoms with Crippen LogP contribution in [0, 0.1) is 5.82 Å². The van der Waals surface area contributed by atoms with Crippen LogP contribution in [0.5, 0.6) is 0 Å². The summed E-state index contributed by atoms with van der Waals surface area (Å²) in [7, 11) is 0. The van der Waals surface area contributed by atoms with E-state index >= 15 is 0 Å². The number of aromatic nitrogens is 2. The fourth-order valence-electron chi connectivity index (χ4n) is 2.34. The number of aromatic amines is 1. The zero-order valence-corrected chi connectivity index (χ0v) is 11.4. The molecule has 3 rings (SSSR count). The Morgan fingerprint density at radius 2 is 1.76 bits per heavy atom. The number of benzene rings is 2. The van der Waals surface area contributed by atoms with Crippen LogP contribution in [0.4, 0.5) is 4.39 Å². The van der Waals surface area contributed by atoms with Crippen molar-refractivity contribution in [2.75, 3.05) is 0 Å². The van der Waals surface area contributed by atoms with Gasteiger partial charge in [-0.05, 0) is 19.1 Å². The maximum Gasteiger partial charge on any atom is 0.164 e. The molecule has 0 aliphatic rings. The average molecular weight is 280 g/mol. The topological polar surface area (TPSA) is 45.8 Å². The quantitative estimate of drug-likeness (QED) is 0.735. The van der Waals surface area contributed by atoms with E-state index < -0.39 is 0 Å². The first-order valence-electron chi connectivity index (χ1n) is 6.57. The molecule has 0 aliphatic carbocycles. The molecule has 0 spiro atoms. The highest BCUT2D eigenvalue weighted by Crippen LogP contribution is 2.30. The van der Waals surface area contributed by atoms with Crippen molar-refractivity contribution in [1.29, 1.82) is 0 Å². The number of Topliss-reactive ketones (excluding diaryl/α,β-unsaturated/α-hetero) is 1. The second kappa shape index (κ2) is 5.32. The molecule has 0 fully saturated rings. The van der Waals surface area contributed by atoms with E-state index in [1.807, 2.05) is 30.3 Å². The summed E-state index contributed by atoms with van der Waals surface area (Å²) >= 11 is 0. The number of carbonyl (C=O) groups is 1. The predicted octanol–water partition coefficient (Wildman–Crippen LogP) is 4.09. The molecule has 3 aromatic rings. The van der Waals surface area contributed by atoms with E-state index in [1.54, 1.807) is 12.1 Å². The van der Waals surface area contributed by atoms with Gasteiger partial charge < -0.3 is 0 Å². The molecule has 0 atom stereocenters. The predicted molar refractivity (Wildman–Crippen MR) is 79.4 cm³/mol. The standard InChI is InChI=1S/C17H13FN2O/c1-11(21)15-16(12-6-3-2-4-7-12)19-20-17(15)13-8-5-9-14(18)10-13/h2-10H,1H3,(H,19,20). The third kappa shape index (κ3) is 2.48. The molecule has 0 saturated heterocycles. The van der Waals surface area contributed by atoms with Crippen molar-refractivity contribution < 1.29 is 9.18 Å². The first-order valence-corrected chi connectivity index (χ1v) is 6.57. The highest BCUT2D eigenvalue weighted by Gasteiger charge is 2.19. The van der Waals surface area contributed by atoms with Crippen LogP contribution in [0.15, 0.2) is 54.6 Å². The van der Waals surface area contributed by atoms with Gasteiger partial charge in [-0.1, -0.05) is 42.5 Å². The van der Waals surface area contributed by atoms with Gasteiger partial charge in [0.05, 0.1) is 11.3 Å². The van der Waals surface area contributed by atoms with Crippen LogP contribution >= 0.6 is 0 Å². The Morgan fingerprint density at radius 3 is 2.43 bits per heavy atom. The summed E-state index contributed by atoms with van der Waals surface area (Å²) in [6, 6.07) is 15.6. The fraction of sp³-hybridized carbons (Fsp3) is 0.0588. The van der Waals surface area contributed by atoms with Gasteiger partial charge in [0.25, 0.3) is 0 Å². The lowest BCUT2D eigenvalue weighted by Crippen LogP contribution is -1.96. The van der Waals surface area contributed by atoms with Crippen molar-refractivity contribution in [3.63, 3.8) is 0 Å². The van der Waals surface area contributed by atoms with Crippen LogP contribution in [0.3, 0.4) is 0 Å². The van der Waals surface area contributed by atoms with Crippen LogP contribution in [0.2, 0.25) is 0 Å². The van der Waals surface area contributed by atoms with Crippen molar-refractivity contribution in [2.45, 2.75) is 6.92 Å². The smallest absolute Gasteiger partial charge is 0.164 e. The third-order valence-corrected chi connectivity index (χ3v) is 3.28. The Hall–Kier alpha value is -2.75. The van der Waals surface area contributed by atoms with Gasteiger partial charge in [0, 0.05) is 11.1 Å². The molecule has 3 nitrogen and oxygen atoms in total. The zero-order chi connectivity index (χ0) is 14.8. The minimum atomic E-state index is -0.355. The van der Waals surface area contributed by atoms with Gasteiger partial charge in [0.2, 0.25) is 0 Å². The summed E-state index contributed by atoms with van der Waals surface area (Å²) < 4.78 is 13.4. The monoisotopic (exact) mass is 280 g/mol. The summed E-state index contributed by atoms with van der Waals surface area (Å²) in [4.78, 5) is 12.0. The first-order chi connectivity index (χ1) is 10.2. The first kappa shape index (κ1) is 13.2. The number of hydrogen-bond acceptors (Lipinski definition) is 2. The summed E-state index contributed by atoms with van der Waals surface area (Å²) in [5, 5.41) is 7.11. The number of carbonyl (C=O) groups excluding carboxylic acids is 1. The molecule has 0 saturated carbocycles. The number of nitrogens with zero attached hydrogens (tertiary/aromatic N) is 1. The molecule has 2 aromatic carbocycles. The largest absolute Gasteiger partial charge is 0.294 e.